The Morgan fingerprint density at radius 3 is 2.47 bits per heavy atom. The summed E-state index contributed by atoms with van der Waals surface area (Å²) in [5, 5.41) is 12.3. The molecule has 0 spiro atoms. The molecule has 8 heteroatoms. The summed E-state index contributed by atoms with van der Waals surface area (Å²) in [4.78, 5) is 3.74. The number of rotatable bonds is 4. The Balaban J connectivity index is 2.76. The van der Waals surface area contributed by atoms with Crippen LogP contribution in [0.3, 0.4) is 0 Å². The second-order valence-corrected chi connectivity index (χ2v) is 3.99. The highest BCUT2D eigenvalue weighted by Gasteiger charge is 2.39. The van der Waals surface area contributed by atoms with E-state index in [9.17, 15) is 13.2 Å². The highest BCUT2D eigenvalue weighted by molar-refractivity contribution is 4.98. The van der Waals surface area contributed by atoms with Crippen LogP contribution in [0.15, 0.2) is 4.52 Å². The molecule has 1 unspecified atom stereocenters. The molecule has 1 aromatic heterocycles. The number of methoxy groups -OCH3 is 1. The van der Waals surface area contributed by atoms with Crippen LogP contribution >= 0.6 is 0 Å². The molecule has 1 heterocycles. The molecule has 98 valence electrons. The number of aromatic nitrogens is 2. The lowest BCUT2D eigenvalue weighted by Gasteiger charge is -2.17. The van der Waals surface area contributed by atoms with Gasteiger partial charge in [0.25, 0.3) is 0 Å². The number of hydrogen-bond acceptors (Lipinski definition) is 5. The minimum atomic E-state index is -4.70. The van der Waals surface area contributed by atoms with Crippen molar-refractivity contribution in [2.75, 3.05) is 7.11 Å². The molecule has 0 aromatic carbocycles. The smallest absolute Gasteiger partial charge is 0.383 e. The van der Waals surface area contributed by atoms with Crippen LogP contribution in [0.2, 0.25) is 0 Å². The van der Waals surface area contributed by atoms with Gasteiger partial charge in [0.15, 0.2) is 6.10 Å². The topological polar surface area (TPSA) is 68.4 Å². The monoisotopic (exact) mass is 254 g/mol. The summed E-state index contributed by atoms with van der Waals surface area (Å²) >= 11 is 0. The average Bonchev–Trinajstić information content (AvgIpc) is 2.65. The Bertz CT molecular complexity index is 376. The number of aliphatic hydroxyl groups is 1. The van der Waals surface area contributed by atoms with E-state index < -0.39 is 24.3 Å². The molecule has 1 atom stereocenters. The number of halogens is 3. The normalized spacial score (nSPS) is 15.0. The molecule has 17 heavy (non-hydrogen) atoms. The van der Waals surface area contributed by atoms with Gasteiger partial charge < -0.3 is 14.4 Å². The fraction of sp³-hybridized carbons (Fsp3) is 0.778. The third-order valence-corrected chi connectivity index (χ3v) is 2.26. The highest BCUT2D eigenvalue weighted by atomic mass is 19.4. The van der Waals surface area contributed by atoms with Crippen LogP contribution in [0.5, 0.6) is 0 Å². The van der Waals surface area contributed by atoms with E-state index in [1.807, 2.05) is 0 Å². The lowest BCUT2D eigenvalue weighted by molar-refractivity contribution is -0.204. The van der Waals surface area contributed by atoms with E-state index in [-0.39, 0.29) is 11.7 Å². The molecule has 0 saturated carbocycles. The molecule has 0 aliphatic rings. The maximum Gasteiger partial charge on any atom is 0.414 e. The standard InChI is InChI=1S/C9H13F3N2O3/c1-8(2,16-3)7-13-6(17-14-7)4-5(15)9(10,11)12/h5,15H,4H2,1-3H3. The molecule has 0 radical (unpaired) electrons. The quantitative estimate of drug-likeness (QED) is 0.880. The Kier molecular flexibility index (Phi) is 3.78. The van der Waals surface area contributed by atoms with Gasteiger partial charge in [-0.15, -0.1) is 0 Å². The van der Waals surface area contributed by atoms with E-state index in [2.05, 4.69) is 14.7 Å². The molecule has 1 N–H and O–H groups in total. The first-order valence-electron chi connectivity index (χ1n) is 4.80. The fourth-order valence-corrected chi connectivity index (χ4v) is 0.955. The number of hydrogen-bond donors (Lipinski definition) is 1. The molecule has 0 aliphatic heterocycles. The zero-order chi connectivity index (χ0) is 13.3. The predicted molar refractivity (Wildman–Crippen MR) is 50.1 cm³/mol. The van der Waals surface area contributed by atoms with Gasteiger partial charge in [-0.3, -0.25) is 0 Å². The summed E-state index contributed by atoms with van der Waals surface area (Å²) in [6, 6.07) is 0. The van der Waals surface area contributed by atoms with Gasteiger partial charge in [0, 0.05) is 7.11 Å². The molecule has 1 aromatic rings. The molecule has 0 bridgehead atoms. The third kappa shape index (κ3) is 3.40. The van der Waals surface area contributed by atoms with Crippen molar-refractivity contribution in [3.05, 3.63) is 11.7 Å². The first-order chi connectivity index (χ1) is 7.66. The van der Waals surface area contributed by atoms with Crippen molar-refractivity contribution in [2.24, 2.45) is 0 Å². The minimum absolute atomic E-state index is 0.129. The molecule has 0 saturated heterocycles. The van der Waals surface area contributed by atoms with Crippen molar-refractivity contribution >= 4 is 0 Å². The molecule has 5 nitrogen and oxygen atoms in total. The second-order valence-electron chi connectivity index (χ2n) is 3.99. The van der Waals surface area contributed by atoms with Crippen LogP contribution in [0.4, 0.5) is 13.2 Å². The zero-order valence-electron chi connectivity index (χ0n) is 9.58. The Hall–Kier alpha value is -1.15. The number of nitrogens with zero attached hydrogens (tertiary/aromatic N) is 2. The third-order valence-electron chi connectivity index (χ3n) is 2.26. The SMILES string of the molecule is COC(C)(C)c1noc(CC(O)C(F)(F)F)n1. The van der Waals surface area contributed by atoms with Crippen molar-refractivity contribution in [1.82, 2.24) is 10.1 Å². The Labute approximate surface area is 95.6 Å². The van der Waals surface area contributed by atoms with E-state index in [0.717, 1.165) is 0 Å². The van der Waals surface area contributed by atoms with E-state index in [4.69, 9.17) is 9.84 Å². The van der Waals surface area contributed by atoms with Crippen molar-refractivity contribution in [2.45, 2.75) is 38.1 Å². The van der Waals surface area contributed by atoms with Crippen molar-refractivity contribution in [1.29, 1.82) is 0 Å². The van der Waals surface area contributed by atoms with E-state index in [1.165, 1.54) is 7.11 Å². The van der Waals surface area contributed by atoms with Crippen LogP contribution < -0.4 is 0 Å². The summed E-state index contributed by atoms with van der Waals surface area (Å²) < 4.78 is 45.9. The van der Waals surface area contributed by atoms with Gasteiger partial charge in [0.05, 0.1) is 6.42 Å². The molecule has 0 amide bonds. The molecule has 0 fully saturated rings. The summed E-state index contributed by atoms with van der Waals surface area (Å²) in [5.41, 5.74) is -0.856. The van der Waals surface area contributed by atoms with Gasteiger partial charge >= 0.3 is 6.18 Å². The highest BCUT2D eigenvalue weighted by Crippen LogP contribution is 2.24. The Morgan fingerprint density at radius 1 is 1.41 bits per heavy atom. The minimum Gasteiger partial charge on any atom is -0.383 e. The second kappa shape index (κ2) is 4.61. The van der Waals surface area contributed by atoms with Gasteiger partial charge in [-0.25, -0.2) is 0 Å². The van der Waals surface area contributed by atoms with Crippen LogP contribution in [-0.2, 0) is 16.8 Å². The largest absolute Gasteiger partial charge is 0.414 e. The van der Waals surface area contributed by atoms with Gasteiger partial charge in [0.1, 0.15) is 5.60 Å². The fourth-order valence-electron chi connectivity index (χ4n) is 0.955. The van der Waals surface area contributed by atoms with Gasteiger partial charge in [0.2, 0.25) is 11.7 Å². The lowest BCUT2D eigenvalue weighted by atomic mass is 10.1. The summed E-state index contributed by atoms with van der Waals surface area (Å²) in [5.74, 6) is -0.153. The van der Waals surface area contributed by atoms with Crippen LogP contribution in [0, 0.1) is 0 Å². The zero-order valence-corrected chi connectivity index (χ0v) is 9.58. The molecule has 0 aliphatic carbocycles. The molecular formula is C9H13F3N2O3. The number of ether oxygens (including phenoxy) is 1. The summed E-state index contributed by atoms with van der Waals surface area (Å²) in [7, 11) is 1.42. The Morgan fingerprint density at radius 2 is 2.00 bits per heavy atom. The first-order valence-corrected chi connectivity index (χ1v) is 4.80. The van der Waals surface area contributed by atoms with Gasteiger partial charge in [-0.2, -0.15) is 18.2 Å². The van der Waals surface area contributed by atoms with E-state index in [1.54, 1.807) is 13.8 Å². The van der Waals surface area contributed by atoms with Gasteiger partial charge in [-0.05, 0) is 13.8 Å². The maximum absolute atomic E-state index is 12.1. The maximum atomic E-state index is 12.1. The average molecular weight is 254 g/mol. The summed E-state index contributed by atoms with van der Waals surface area (Å²) in [6.45, 7) is 3.28. The molecule has 1 rings (SSSR count). The lowest BCUT2D eigenvalue weighted by Crippen LogP contribution is -2.30. The van der Waals surface area contributed by atoms with Crippen molar-refractivity contribution in [3.8, 4) is 0 Å². The predicted octanol–water partition coefficient (Wildman–Crippen LogP) is 1.42. The van der Waals surface area contributed by atoms with Crippen molar-refractivity contribution < 1.29 is 27.5 Å². The number of alkyl halides is 3. The van der Waals surface area contributed by atoms with Crippen LogP contribution in [0.25, 0.3) is 0 Å². The van der Waals surface area contributed by atoms with Gasteiger partial charge in [-0.1, -0.05) is 5.16 Å². The van der Waals surface area contributed by atoms with Crippen LogP contribution in [0.1, 0.15) is 25.6 Å². The van der Waals surface area contributed by atoms with E-state index in [0.29, 0.717) is 0 Å². The van der Waals surface area contributed by atoms with Crippen LogP contribution in [-0.4, -0.2) is 34.6 Å². The van der Waals surface area contributed by atoms with E-state index >= 15 is 0 Å². The molecular weight excluding hydrogens is 241 g/mol. The first kappa shape index (κ1) is 13.9. The number of aliphatic hydroxyl groups excluding tert-OH is 1. The van der Waals surface area contributed by atoms with Crippen molar-refractivity contribution in [3.63, 3.8) is 0 Å². The summed E-state index contributed by atoms with van der Waals surface area (Å²) in [6.07, 6.45) is -7.98.